The van der Waals surface area contributed by atoms with Gasteiger partial charge in [0.15, 0.2) is 0 Å². The molecule has 1 aliphatic carbocycles. The number of aromatic nitrogens is 2. The van der Waals surface area contributed by atoms with Gasteiger partial charge in [-0.05, 0) is 23.8 Å². The van der Waals surface area contributed by atoms with Gasteiger partial charge in [-0.25, -0.2) is 4.98 Å². The number of fused-ring (bicyclic) bond motifs is 1. The van der Waals surface area contributed by atoms with Crippen LogP contribution in [0.1, 0.15) is 13.3 Å². The van der Waals surface area contributed by atoms with Crippen LogP contribution < -0.4 is 10.6 Å². The Labute approximate surface area is 98.1 Å². The number of nitrogens with zero attached hydrogens (tertiary/aromatic N) is 2. The maximum absolute atomic E-state index is 4.48. The lowest BCUT2D eigenvalue weighted by Gasteiger charge is -2.07. The third kappa shape index (κ3) is 1.61. The lowest BCUT2D eigenvalue weighted by Crippen LogP contribution is -2.07. The van der Waals surface area contributed by atoms with Crippen LogP contribution in [-0.2, 0) is 0 Å². The van der Waals surface area contributed by atoms with E-state index in [1.807, 2.05) is 7.05 Å². The van der Waals surface area contributed by atoms with E-state index in [0.717, 1.165) is 22.0 Å². The summed E-state index contributed by atoms with van der Waals surface area (Å²) >= 11 is 1.65. The van der Waals surface area contributed by atoms with Gasteiger partial charge in [-0.2, -0.15) is 4.98 Å². The summed E-state index contributed by atoms with van der Waals surface area (Å²) in [7, 11) is 1.85. The molecule has 3 rings (SSSR count). The molecule has 0 radical (unpaired) electrons. The van der Waals surface area contributed by atoms with E-state index >= 15 is 0 Å². The number of anilines is 2. The van der Waals surface area contributed by atoms with Crippen molar-refractivity contribution in [2.45, 2.75) is 19.4 Å². The maximum atomic E-state index is 4.48. The zero-order valence-electron chi connectivity index (χ0n) is 9.32. The average Bonchev–Trinajstić information content (AvgIpc) is 2.81. The van der Waals surface area contributed by atoms with Crippen LogP contribution in [0.2, 0.25) is 0 Å². The van der Waals surface area contributed by atoms with Gasteiger partial charge < -0.3 is 10.6 Å². The van der Waals surface area contributed by atoms with E-state index in [0.29, 0.717) is 12.0 Å². The van der Waals surface area contributed by atoms with Gasteiger partial charge in [-0.15, -0.1) is 11.3 Å². The van der Waals surface area contributed by atoms with E-state index in [9.17, 15) is 0 Å². The Morgan fingerprint density at radius 2 is 2.25 bits per heavy atom. The van der Waals surface area contributed by atoms with Gasteiger partial charge in [0.2, 0.25) is 5.95 Å². The largest absolute Gasteiger partial charge is 0.366 e. The van der Waals surface area contributed by atoms with E-state index in [1.54, 1.807) is 11.3 Å². The fraction of sp³-hybridized carbons (Fsp3) is 0.455. The lowest BCUT2D eigenvalue weighted by molar-refractivity contribution is 0.924. The topological polar surface area (TPSA) is 49.8 Å². The van der Waals surface area contributed by atoms with E-state index in [1.165, 1.54) is 6.42 Å². The second-order valence-electron chi connectivity index (χ2n) is 4.25. The normalized spacial score (nSPS) is 23.4. The van der Waals surface area contributed by atoms with Crippen LogP contribution in [-0.4, -0.2) is 23.1 Å². The van der Waals surface area contributed by atoms with Crippen LogP contribution in [0.3, 0.4) is 0 Å². The van der Waals surface area contributed by atoms with Gasteiger partial charge in [-0.1, -0.05) is 6.92 Å². The predicted octanol–water partition coefficient (Wildman–Crippen LogP) is 2.55. The predicted molar refractivity (Wildman–Crippen MR) is 68.2 cm³/mol. The third-order valence-electron chi connectivity index (χ3n) is 2.98. The Kier molecular flexibility index (Phi) is 2.21. The molecule has 2 N–H and O–H groups in total. The molecule has 16 heavy (non-hydrogen) atoms. The minimum atomic E-state index is 0.586. The van der Waals surface area contributed by atoms with Crippen molar-refractivity contribution in [2.75, 3.05) is 17.7 Å². The second-order valence-corrected chi connectivity index (χ2v) is 5.14. The summed E-state index contributed by atoms with van der Waals surface area (Å²) in [4.78, 5) is 9.93. The van der Waals surface area contributed by atoms with Crippen LogP contribution in [0.15, 0.2) is 11.4 Å². The molecule has 0 aromatic carbocycles. The first-order chi connectivity index (χ1) is 7.78. The molecule has 1 aliphatic rings. The van der Waals surface area contributed by atoms with Crippen molar-refractivity contribution in [1.29, 1.82) is 0 Å². The van der Waals surface area contributed by atoms with Gasteiger partial charge in [0.1, 0.15) is 10.6 Å². The standard InChI is InChI=1S/C11H14N4S/c1-6-5-8(6)13-9-7-3-4-16-10(7)15-11(12-2)14-9/h3-4,6,8H,5H2,1-2H3,(H2,12,13,14,15). The Bertz CT molecular complexity index is 522. The summed E-state index contributed by atoms with van der Waals surface area (Å²) in [6, 6.07) is 2.66. The van der Waals surface area contributed by atoms with Crippen molar-refractivity contribution in [3.05, 3.63) is 11.4 Å². The van der Waals surface area contributed by atoms with E-state index in [4.69, 9.17) is 0 Å². The first-order valence-electron chi connectivity index (χ1n) is 5.47. The fourth-order valence-corrected chi connectivity index (χ4v) is 2.54. The molecule has 2 atom stereocenters. The van der Waals surface area contributed by atoms with Gasteiger partial charge in [-0.3, -0.25) is 0 Å². The summed E-state index contributed by atoms with van der Waals surface area (Å²) in [5.41, 5.74) is 0. The summed E-state index contributed by atoms with van der Waals surface area (Å²) < 4.78 is 0. The van der Waals surface area contributed by atoms with Crippen molar-refractivity contribution >= 4 is 33.3 Å². The second kappa shape index (κ2) is 3.59. The monoisotopic (exact) mass is 234 g/mol. The Hall–Kier alpha value is -1.36. The minimum absolute atomic E-state index is 0.586. The highest BCUT2D eigenvalue weighted by Gasteiger charge is 2.33. The molecule has 2 aromatic heterocycles. The highest BCUT2D eigenvalue weighted by molar-refractivity contribution is 7.16. The zero-order chi connectivity index (χ0) is 11.1. The SMILES string of the molecule is CNc1nc(NC2CC2C)c2ccsc2n1. The van der Waals surface area contributed by atoms with E-state index < -0.39 is 0 Å². The molecular formula is C11H14N4S. The summed E-state index contributed by atoms with van der Waals surface area (Å²) in [5, 5.41) is 9.67. The average molecular weight is 234 g/mol. The smallest absolute Gasteiger partial charge is 0.225 e. The van der Waals surface area contributed by atoms with Gasteiger partial charge >= 0.3 is 0 Å². The van der Waals surface area contributed by atoms with Crippen LogP contribution in [0.5, 0.6) is 0 Å². The van der Waals surface area contributed by atoms with Crippen molar-refractivity contribution in [3.8, 4) is 0 Å². The van der Waals surface area contributed by atoms with Gasteiger partial charge in [0.25, 0.3) is 0 Å². The number of hydrogen-bond donors (Lipinski definition) is 2. The fourth-order valence-electron chi connectivity index (χ4n) is 1.78. The number of nitrogens with one attached hydrogen (secondary N) is 2. The highest BCUT2D eigenvalue weighted by atomic mass is 32.1. The molecule has 0 bridgehead atoms. The van der Waals surface area contributed by atoms with Crippen molar-refractivity contribution in [3.63, 3.8) is 0 Å². The van der Waals surface area contributed by atoms with Crippen LogP contribution >= 0.6 is 11.3 Å². The third-order valence-corrected chi connectivity index (χ3v) is 3.79. The Balaban J connectivity index is 2.02. The molecule has 4 nitrogen and oxygen atoms in total. The van der Waals surface area contributed by atoms with Crippen LogP contribution in [0.4, 0.5) is 11.8 Å². The number of rotatable bonds is 3. The van der Waals surface area contributed by atoms with Gasteiger partial charge in [0, 0.05) is 13.1 Å². The molecule has 1 saturated carbocycles. The van der Waals surface area contributed by atoms with Crippen molar-refractivity contribution < 1.29 is 0 Å². The highest BCUT2D eigenvalue weighted by Crippen LogP contribution is 2.35. The molecule has 84 valence electrons. The first kappa shape index (κ1) is 9.84. The van der Waals surface area contributed by atoms with Crippen LogP contribution in [0, 0.1) is 5.92 Å². The molecule has 0 saturated heterocycles. The minimum Gasteiger partial charge on any atom is -0.366 e. The molecule has 0 aliphatic heterocycles. The number of thiophene rings is 1. The van der Waals surface area contributed by atoms with Crippen LogP contribution in [0.25, 0.3) is 10.2 Å². The van der Waals surface area contributed by atoms with Gasteiger partial charge in [0.05, 0.1) is 5.39 Å². The molecule has 0 amide bonds. The number of hydrogen-bond acceptors (Lipinski definition) is 5. The summed E-state index contributed by atoms with van der Waals surface area (Å²) in [5.74, 6) is 2.41. The Morgan fingerprint density at radius 1 is 1.44 bits per heavy atom. The molecular weight excluding hydrogens is 220 g/mol. The van der Waals surface area contributed by atoms with E-state index in [-0.39, 0.29) is 0 Å². The molecule has 5 heteroatoms. The summed E-state index contributed by atoms with van der Waals surface area (Å²) in [6.45, 7) is 2.25. The molecule has 2 unspecified atom stereocenters. The summed E-state index contributed by atoms with van der Waals surface area (Å²) in [6.07, 6.45) is 1.24. The maximum Gasteiger partial charge on any atom is 0.225 e. The molecule has 1 fully saturated rings. The van der Waals surface area contributed by atoms with Crippen molar-refractivity contribution in [1.82, 2.24) is 9.97 Å². The molecule has 2 aromatic rings. The molecule has 2 heterocycles. The lowest BCUT2D eigenvalue weighted by atomic mass is 10.3. The van der Waals surface area contributed by atoms with Crippen molar-refractivity contribution in [2.24, 2.45) is 5.92 Å². The quantitative estimate of drug-likeness (QED) is 0.857. The molecule has 0 spiro atoms. The van der Waals surface area contributed by atoms with E-state index in [2.05, 4.69) is 39.0 Å². The first-order valence-corrected chi connectivity index (χ1v) is 6.35. The Morgan fingerprint density at radius 3 is 2.94 bits per heavy atom. The zero-order valence-corrected chi connectivity index (χ0v) is 10.1.